The Bertz CT molecular complexity index is 1210. The fourth-order valence-corrected chi connectivity index (χ4v) is 5.40. The average Bonchev–Trinajstić information content (AvgIpc) is 3.28. The molecule has 1 unspecified atom stereocenters. The van der Waals surface area contributed by atoms with Crippen molar-refractivity contribution in [2.75, 3.05) is 24.9 Å². The molecule has 0 spiro atoms. The lowest BCUT2D eigenvalue weighted by atomic mass is 9.98. The Hall–Kier alpha value is -3.34. The highest BCUT2D eigenvalue weighted by Gasteiger charge is 2.54. The van der Waals surface area contributed by atoms with Crippen LogP contribution < -0.4 is 16.8 Å². The van der Waals surface area contributed by atoms with E-state index in [-0.39, 0.29) is 47.1 Å². The molecule has 1 aromatic rings. The van der Waals surface area contributed by atoms with Crippen molar-refractivity contribution < 1.29 is 43.7 Å². The number of nitrogen functional groups attached to an aromatic ring is 1. The minimum atomic E-state index is -1.06. The van der Waals surface area contributed by atoms with E-state index in [1.54, 1.807) is 32.2 Å². The topological polar surface area (TPSA) is 225 Å². The fourth-order valence-electron chi connectivity index (χ4n) is 3.51. The van der Waals surface area contributed by atoms with Crippen LogP contribution in [0.2, 0.25) is 0 Å². The lowest BCUT2D eigenvalue weighted by Gasteiger charge is -2.49. The second-order valence-corrected chi connectivity index (χ2v) is 11.2. The molecule has 0 radical (unpaired) electrons. The van der Waals surface area contributed by atoms with Gasteiger partial charge >= 0.3 is 18.0 Å². The molecular weight excluding hydrogens is 590 g/mol. The predicted molar refractivity (Wildman–Crippen MR) is 150 cm³/mol. The van der Waals surface area contributed by atoms with E-state index in [4.69, 9.17) is 25.7 Å². The molecule has 0 saturated carbocycles. The number of β-lactam (4-membered cyclic amide) rings is 1. The zero-order valence-corrected chi connectivity index (χ0v) is 24.6. The van der Waals surface area contributed by atoms with Crippen LogP contribution in [0.4, 0.5) is 9.93 Å². The van der Waals surface area contributed by atoms with Gasteiger partial charge in [0.2, 0.25) is 6.79 Å². The van der Waals surface area contributed by atoms with E-state index in [2.05, 4.69) is 10.3 Å². The number of amides is 3. The molecule has 14 nitrogen and oxygen atoms in total. The Kier molecular flexibility index (Phi) is 12.4. The summed E-state index contributed by atoms with van der Waals surface area (Å²) < 4.78 is 14.9. The number of thiazole rings is 1. The van der Waals surface area contributed by atoms with Crippen molar-refractivity contribution in [3.63, 3.8) is 0 Å². The summed E-state index contributed by atoms with van der Waals surface area (Å²) in [7, 11) is 0. The Morgan fingerprint density at radius 2 is 1.90 bits per heavy atom. The van der Waals surface area contributed by atoms with Crippen molar-refractivity contribution in [3.8, 4) is 0 Å². The van der Waals surface area contributed by atoms with Crippen LogP contribution in [-0.4, -0.2) is 75.8 Å². The molecule has 1 saturated heterocycles. The number of allylic oxidation sites excluding steroid dienone is 1. The van der Waals surface area contributed by atoms with Gasteiger partial charge in [0.1, 0.15) is 23.7 Å². The molecule has 7 N–H and O–H groups in total. The molecule has 222 valence electrons. The monoisotopic (exact) mass is 621 g/mol. The minimum absolute atomic E-state index is 0. The maximum absolute atomic E-state index is 13.1. The van der Waals surface area contributed by atoms with Gasteiger partial charge in [0.15, 0.2) is 5.13 Å². The first-order chi connectivity index (χ1) is 17.8. The smallest absolute Gasteiger partial charge is 0.404 e. The minimum Gasteiger partial charge on any atom is -0.445 e. The van der Waals surface area contributed by atoms with Crippen LogP contribution in [0.15, 0.2) is 22.7 Å². The SMILES string of the molecule is CCC=C(C(=O)NC1C(=O)N2C(C(=O)OCOC(=O)C(C)(C)C)=C(COC(N)=O)CS[C@@H]12)c1csc(N)n1.Cl.O. The summed E-state index contributed by atoms with van der Waals surface area (Å²) in [6.45, 7) is 5.74. The number of nitrogens with one attached hydrogen (secondary N) is 1. The van der Waals surface area contributed by atoms with Crippen LogP contribution in [0.5, 0.6) is 0 Å². The molecule has 0 aromatic carbocycles. The summed E-state index contributed by atoms with van der Waals surface area (Å²) in [6.07, 6.45) is 1.17. The number of fused-ring (bicyclic) bond motifs is 1. The number of rotatable bonds is 9. The Balaban J connectivity index is 0.00000400. The summed E-state index contributed by atoms with van der Waals surface area (Å²) in [5.41, 5.74) is 10.7. The van der Waals surface area contributed by atoms with Crippen LogP contribution in [0.3, 0.4) is 0 Å². The van der Waals surface area contributed by atoms with Gasteiger partial charge in [0.05, 0.1) is 16.7 Å². The molecule has 2 atom stereocenters. The summed E-state index contributed by atoms with van der Waals surface area (Å²) in [5, 5.41) is 4.03. The second-order valence-electron chi connectivity index (χ2n) is 9.25. The van der Waals surface area contributed by atoms with Crippen LogP contribution >= 0.6 is 35.5 Å². The molecule has 2 aliphatic heterocycles. The van der Waals surface area contributed by atoms with E-state index in [0.29, 0.717) is 17.2 Å². The number of hydrogen-bond acceptors (Lipinski definition) is 12. The van der Waals surface area contributed by atoms with Crippen LogP contribution in [0.1, 0.15) is 39.8 Å². The first-order valence-corrected chi connectivity index (χ1v) is 13.4. The van der Waals surface area contributed by atoms with Gasteiger partial charge in [-0.1, -0.05) is 13.0 Å². The number of halogens is 1. The highest BCUT2D eigenvalue weighted by molar-refractivity contribution is 8.00. The number of carbonyl (C=O) groups excluding carboxylic acids is 5. The lowest BCUT2D eigenvalue weighted by Crippen LogP contribution is -2.70. The number of primary amides is 1. The first-order valence-electron chi connectivity index (χ1n) is 11.5. The second kappa shape index (κ2) is 14.3. The Morgan fingerprint density at radius 3 is 2.45 bits per heavy atom. The highest BCUT2D eigenvalue weighted by atomic mass is 35.5. The number of nitrogens with two attached hydrogens (primary N) is 2. The lowest BCUT2D eigenvalue weighted by molar-refractivity contribution is -0.173. The number of ether oxygens (including phenoxy) is 3. The van der Waals surface area contributed by atoms with Gasteiger partial charge < -0.3 is 36.5 Å². The third kappa shape index (κ3) is 7.87. The normalized spacial score (nSPS) is 18.4. The number of carbonyl (C=O) groups is 5. The molecule has 2 aliphatic rings. The highest BCUT2D eigenvalue weighted by Crippen LogP contribution is 2.41. The van der Waals surface area contributed by atoms with Gasteiger partial charge in [0.25, 0.3) is 11.8 Å². The Labute approximate surface area is 244 Å². The fraction of sp³-hybridized carbons (Fsp3) is 0.478. The summed E-state index contributed by atoms with van der Waals surface area (Å²) in [4.78, 5) is 67.6. The standard InChI is InChI=1S/C23H29N5O8S2.ClH.H2O/c1-5-6-12(13-9-38-21(24)26-13)16(29)27-14-17(30)28-15(11(7-34-22(25)33)8-37-18(14)28)19(31)35-10-36-20(32)23(2,3)4;;/h6,9,14,18H,5,7-8,10H2,1-4H3,(H2,24,26)(H2,25,33)(H,27,29);1H;1H2/t14?,18-;;/m0../s1. The molecule has 3 heterocycles. The molecule has 3 amide bonds. The molecular formula is C23H32ClN5O9S2. The number of thioether (sulfide) groups is 1. The predicted octanol–water partition coefficient (Wildman–Crippen LogP) is 0.955. The van der Waals surface area contributed by atoms with Crippen molar-refractivity contribution in [2.45, 2.75) is 45.5 Å². The van der Waals surface area contributed by atoms with Crippen molar-refractivity contribution in [3.05, 3.63) is 28.4 Å². The number of nitrogens with zero attached hydrogens (tertiary/aromatic N) is 2. The molecule has 1 aromatic heterocycles. The van der Waals surface area contributed by atoms with E-state index in [9.17, 15) is 24.0 Å². The van der Waals surface area contributed by atoms with Crippen molar-refractivity contribution in [1.82, 2.24) is 15.2 Å². The third-order valence-corrected chi connectivity index (χ3v) is 7.37. The van der Waals surface area contributed by atoms with E-state index < -0.39 is 53.5 Å². The number of hydrogen-bond donors (Lipinski definition) is 3. The van der Waals surface area contributed by atoms with Crippen molar-refractivity contribution in [2.24, 2.45) is 11.1 Å². The number of aromatic nitrogens is 1. The zero-order valence-electron chi connectivity index (χ0n) is 22.2. The molecule has 0 bridgehead atoms. The first kappa shape index (κ1) is 34.7. The number of anilines is 1. The van der Waals surface area contributed by atoms with E-state index in [1.165, 1.54) is 23.1 Å². The van der Waals surface area contributed by atoms with Crippen molar-refractivity contribution in [1.29, 1.82) is 0 Å². The van der Waals surface area contributed by atoms with Crippen molar-refractivity contribution >= 4 is 76.1 Å². The average molecular weight is 622 g/mol. The molecule has 17 heteroatoms. The molecule has 40 heavy (non-hydrogen) atoms. The van der Waals surface area contributed by atoms with Gasteiger partial charge in [-0.2, -0.15) is 0 Å². The van der Waals surface area contributed by atoms with Gasteiger partial charge in [-0.25, -0.2) is 14.6 Å². The van der Waals surface area contributed by atoms with E-state index in [0.717, 1.165) is 4.90 Å². The molecule has 1 fully saturated rings. The van der Waals surface area contributed by atoms with Crippen LogP contribution in [0.25, 0.3) is 5.57 Å². The maximum atomic E-state index is 13.1. The Morgan fingerprint density at radius 1 is 1.23 bits per heavy atom. The quantitative estimate of drug-likeness (QED) is 0.152. The van der Waals surface area contributed by atoms with Crippen LogP contribution in [-0.2, 0) is 33.4 Å². The van der Waals surface area contributed by atoms with Gasteiger partial charge in [-0.05, 0) is 27.2 Å². The maximum Gasteiger partial charge on any atom is 0.404 e. The summed E-state index contributed by atoms with van der Waals surface area (Å²) in [5.74, 6) is -2.45. The van der Waals surface area contributed by atoms with E-state index >= 15 is 0 Å². The molecule has 3 rings (SSSR count). The van der Waals surface area contributed by atoms with Gasteiger partial charge in [-0.3, -0.25) is 19.3 Å². The van der Waals surface area contributed by atoms with Crippen LogP contribution in [0, 0.1) is 5.41 Å². The molecule has 0 aliphatic carbocycles. The van der Waals surface area contributed by atoms with Gasteiger partial charge in [0, 0.05) is 16.7 Å². The number of esters is 2. The summed E-state index contributed by atoms with van der Waals surface area (Å²) >= 11 is 2.45. The zero-order chi connectivity index (χ0) is 28.2. The van der Waals surface area contributed by atoms with E-state index in [1.807, 2.05) is 6.92 Å². The summed E-state index contributed by atoms with van der Waals surface area (Å²) in [6, 6.07) is -0.941. The third-order valence-electron chi connectivity index (χ3n) is 5.36. The largest absolute Gasteiger partial charge is 0.445 e. The van der Waals surface area contributed by atoms with Gasteiger partial charge in [-0.15, -0.1) is 35.5 Å².